The topological polar surface area (TPSA) is 0 Å². The highest BCUT2D eigenvalue weighted by molar-refractivity contribution is 14.3. The Balaban J connectivity index is 3.26. The van der Waals surface area contributed by atoms with Crippen LogP contribution in [0.4, 0.5) is 0 Å². The fourth-order valence-corrected chi connectivity index (χ4v) is 12.3. The molecule has 0 aliphatic carbocycles. The summed E-state index contributed by atoms with van der Waals surface area (Å²) in [6, 6.07) is 3.12. The lowest BCUT2D eigenvalue weighted by atomic mass is 10.0. The van der Waals surface area contributed by atoms with Crippen molar-refractivity contribution in [1.82, 2.24) is 0 Å². The Hall–Kier alpha value is 1.68. The molecule has 0 aromatic heterocycles. The van der Waals surface area contributed by atoms with E-state index in [1.54, 1.807) is 12.1 Å². The summed E-state index contributed by atoms with van der Waals surface area (Å²) in [7, 11) is 0. The zero-order chi connectivity index (χ0) is 28.5. The van der Waals surface area contributed by atoms with E-state index in [9.17, 15) is 0 Å². The Morgan fingerprint density at radius 3 is 0.590 bits per heavy atom. The molecule has 0 saturated carbocycles. The van der Waals surface area contributed by atoms with Crippen LogP contribution in [0.5, 0.6) is 0 Å². The van der Waals surface area contributed by atoms with Crippen LogP contribution in [0.1, 0.15) is 219 Å². The van der Waals surface area contributed by atoms with Gasteiger partial charge in [0, 0.05) is 0 Å². The minimum absolute atomic E-state index is 0.978. The van der Waals surface area contributed by atoms with Crippen molar-refractivity contribution in [3.8, 4) is 0 Å². The van der Waals surface area contributed by atoms with Crippen LogP contribution in [0.25, 0.3) is 0 Å². The third-order valence-corrected chi connectivity index (χ3v) is 17.4. The van der Waals surface area contributed by atoms with Crippen LogP contribution in [0.15, 0.2) is 0 Å². The first-order valence-corrected chi connectivity index (χ1v) is 27.1. The summed E-state index contributed by atoms with van der Waals surface area (Å²) in [5.41, 5.74) is 0. The number of unbranched alkanes of at least 4 members (excludes halogenated alkanes) is 30. The fourth-order valence-electron chi connectivity index (χ4n) is 5.99. The van der Waals surface area contributed by atoms with E-state index in [0.717, 1.165) is 0 Å². The lowest BCUT2D eigenvalue weighted by Crippen LogP contribution is -2.15. The Bertz CT molecular complexity index is 402. The van der Waals surface area contributed by atoms with Gasteiger partial charge in [-0.3, -0.25) is 0 Å². The molecule has 0 N–H and O–H groups in total. The third kappa shape index (κ3) is 35.8. The Morgan fingerprint density at radius 2 is 0.410 bits per heavy atom. The molecule has 0 bridgehead atoms. The fraction of sp³-hybridized carbons (Fsp3) is 1.00. The van der Waals surface area contributed by atoms with E-state index in [0.29, 0.717) is 0 Å². The van der Waals surface area contributed by atoms with E-state index in [2.05, 4.69) is 57.4 Å². The SMILES string of the molecule is CCCCCCCCCCCCCCCCCC[Si](I)(I)CCCCCCCCCCCCCCCCCC. The highest BCUT2D eigenvalue weighted by Crippen LogP contribution is 2.35. The summed E-state index contributed by atoms with van der Waals surface area (Å²) in [4.78, 5) is 0. The molecule has 0 amide bonds. The Kier molecular flexibility index (Phi) is 35.6. The molecule has 0 rings (SSSR count). The molecule has 236 valence electrons. The largest absolute Gasteiger partial charge is 0.192 e. The summed E-state index contributed by atoms with van der Waals surface area (Å²) in [6.07, 6.45) is 47.4. The standard InChI is InChI=1S/C36H74I2Si/c1-3-5-7-9-11-13-15-17-19-21-23-25-27-29-31-33-35-39(37,38)36-34-32-30-28-26-24-22-20-18-16-14-12-10-8-6-4-2/h3-36H2,1-2H3. The van der Waals surface area contributed by atoms with Gasteiger partial charge in [-0.05, 0) is 12.1 Å². The highest BCUT2D eigenvalue weighted by Gasteiger charge is 2.24. The maximum Gasteiger partial charge on any atom is 0.192 e. The van der Waals surface area contributed by atoms with Crippen molar-refractivity contribution in [1.29, 1.82) is 0 Å². The predicted octanol–water partition coefficient (Wildman–Crippen LogP) is 15.8. The van der Waals surface area contributed by atoms with Gasteiger partial charge < -0.3 is 0 Å². The van der Waals surface area contributed by atoms with E-state index in [-0.39, 0.29) is 0 Å². The van der Waals surface area contributed by atoms with Gasteiger partial charge >= 0.3 is 0 Å². The molecule has 0 aliphatic rings. The smallest absolute Gasteiger partial charge is 0.105 e. The number of hydrogen-bond donors (Lipinski definition) is 0. The summed E-state index contributed by atoms with van der Waals surface area (Å²) < 4.78 is -0.978. The van der Waals surface area contributed by atoms with Crippen molar-refractivity contribution in [2.45, 2.75) is 231 Å². The lowest BCUT2D eigenvalue weighted by Gasteiger charge is -2.17. The first kappa shape index (κ1) is 40.7. The molecule has 0 saturated heterocycles. The average molecular weight is 789 g/mol. The molecule has 0 spiro atoms. The highest BCUT2D eigenvalue weighted by atomic mass is 127. The molecule has 39 heavy (non-hydrogen) atoms. The van der Waals surface area contributed by atoms with Crippen molar-refractivity contribution in [2.75, 3.05) is 0 Å². The number of halogens is 2. The van der Waals surface area contributed by atoms with E-state index in [4.69, 9.17) is 0 Å². The minimum Gasteiger partial charge on any atom is -0.105 e. The maximum atomic E-state index is 2.90. The Labute approximate surface area is 276 Å². The number of hydrogen-bond acceptors (Lipinski definition) is 0. The van der Waals surface area contributed by atoms with Crippen LogP contribution in [0, 0.1) is 0 Å². The van der Waals surface area contributed by atoms with Gasteiger partial charge in [0.1, 0.15) is 0 Å². The summed E-state index contributed by atoms with van der Waals surface area (Å²) >= 11 is 5.81. The van der Waals surface area contributed by atoms with Crippen molar-refractivity contribution < 1.29 is 0 Å². The van der Waals surface area contributed by atoms with Crippen LogP contribution < -0.4 is 0 Å². The van der Waals surface area contributed by atoms with Gasteiger partial charge in [0.25, 0.3) is 0 Å². The van der Waals surface area contributed by atoms with Gasteiger partial charge in [-0.15, -0.1) is 43.6 Å². The quantitative estimate of drug-likeness (QED) is 0.0264. The van der Waals surface area contributed by atoms with Gasteiger partial charge in [0.05, 0.1) is 0 Å². The van der Waals surface area contributed by atoms with Gasteiger partial charge in [0.2, 0.25) is 0 Å². The molecule has 0 nitrogen and oxygen atoms in total. The molecule has 0 fully saturated rings. The molecule has 0 aromatic rings. The van der Waals surface area contributed by atoms with Gasteiger partial charge in [-0.1, -0.05) is 219 Å². The second-order valence-electron chi connectivity index (χ2n) is 13.0. The molecule has 0 atom stereocenters. The average Bonchev–Trinajstić information content (AvgIpc) is 2.92. The zero-order valence-corrected chi connectivity index (χ0v) is 32.6. The van der Waals surface area contributed by atoms with Crippen LogP contribution in [0.2, 0.25) is 12.1 Å². The zero-order valence-electron chi connectivity index (χ0n) is 27.3. The van der Waals surface area contributed by atoms with Gasteiger partial charge in [0.15, 0.2) is 3.07 Å². The monoisotopic (exact) mass is 788 g/mol. The molecule has 0 heterocycles. The molecule has 0 aliphatic heterocycles. The second-order valence-corrected chi connectivity index (χ2v) is 34.3. The normalized spacial score (nSPS) is 12.0. The summed E-state index contributed by atoms with van der Waals surface area (Å²) in [6.45, 7) is 4.62. The Morgan fingerprint density at radius 1 is 0.256 bits per heavy atom. The predicted molar refractivity (Wildman–Crippen MR) is 202 cm³/mol. The molecule has 0 aromatic carbocycles. The van der Waals surface area contributed by atoms with E-state index < -0.39 is 3.07 Å². The van der Waals surface area contributed by atoms with E-state index in [1.807, 2.05) is 0 Å². The van der Waals surface area contributed by atoms with Gasteiger partial charge in [-0.2, -0.15) is 0 Å². The van der Waals surface area contributed by atoms with Crippen molar-refractivity contribution in [3.05, 3.63) is 0 Å². The van der Waals surface area contributed by atoms with Crippen LogP contribution in [0.3, 0.4) is 0 Å². The van der Waals surface area contributed by atoms with Crippen LogP contribution in [-0.2, 0) is 0 Å². The third-order valence-electron chi connectivity index (χ3n) is 8.79. The summed E-state index contributed by atoms with van der Waals surface area (Å²) in [5.74, 6) is 0. The second kappa shape index (κ2) is 34.2. The molecule has 3 heteroatoms. The van der Waals surface area contributed by atoms with Crippen molar-refractivity contribution in [2.24, 2.45) is 0 Å². The van der Waals surface area contributed by atoms with Crippen molar-refractivity contribution in [3.63, 3.8) is 0 Å². The van der Waals surface area contributed by atoms with Crippen molar-refractivity contribution >= 4 is 46.7 Å². The van der Waals surface area contributed by atoms with Gasteiger partial charge in [-0.25, -0.2) is 0 Å². The lowest BCUT2D eigenvalue weighted by molar-refractivity contribution is 0.531. The first-order valence-electron chi connectivity index (χ1n) is 18.5. The minimum atomic E-state index is -0.978. The van der Waals surface area contributed by atoms with Crippen LogP contribution in [-0.4, -0.2) is 3.07 Å². The van der Waals surface area contributed by atoms with E-state index in [1.165, 1.54) is 205 Å². The molecule has 0 unspecified atom stereocenters. The maximum absolute atomic E-state index is 2.90. The summed E-state index contributed by atoms with van der Waals surface area (Å²) in [5, 5.41) is 0. The van der Waals surface area contributed by atoms with Crippen LogP contribution >= 0.6 is 43.6 Å². The molecular weight excluding hydrogens is 714 g/mol. The van der Waals surface area contributed by atoms with E-state index >= 15 is 0 Å². The first-order chi connectivity index (χ1) is 19.1. The molecular formula is C36H74I2Si. The number of rotatable bonds is 34. The molecule has 0 radical (unpaired) electrons.